The molecule has 5 aliphatic rings. The van der Waals surface area contributed by atoms with Crippen molar-refractivity contribution in [3.8, 4) is 0 Å². The van der Waals surface area contributed by atoms with Gasteiger partial charge in [-0.25, -0.2) is 19.7 Å². The minimum absolute atomic E-state index is 0.0682. The van der Waals surface area contributed by atoms with Gasteiger partial charge in [0.25, 0.3) is 11.8 Å². The zero-order chi connectivity index (χ0) is 39.6. The summed E-state index contributed by atoms with van der Waals surface area (Å²) in [7, 11) is 1.84. The smallest absolute Gasteiger partial charge is 0.320 e. The van der Waals surface area contributed by atoms with Gasteiger partial charge in [0.05, 0.1) is 17.9 Å². The standard InChI is InChI=1S/C41H51N11O5/c1-47-16-21-51(41(47)57)29-8-5-15-50(25-29)35-24-44-37(38(42)54)32(45-35)22-27-10-12-34(43-23-27)49-19-17-48(18-20-49)14-3-2-6-28-7-4-9-30-31(28)26-52(40(30)56)33-11-13-36(53)46-39(33)55/h4,7,9-10,12,23-24,29,33H,2-3,5-6,8,11,13-22,25-26H2,1H3,(H2,42,54)(H,46,53,55)/t29-,33?/m0/s1. The number of hydrogen-bond acceptors (Lipinski definition) is 11. The molecule has 3 aromatic rings. The molecule has 1 aromatic carbocycles. The number of nitrogens with zero attached hydrogens (tertiary/aromatic N) is 9. The van der Waals surface area contributed by atoms with E-state index in [4.69, 9.17) is 15.7 Å². The topological polar surface area (TPSA) is 182 Å². The molecule has 57 heavy (non-hydrogen) atoms. The molecule has 0 radical (unpaired) electrons. The number of nitrogens with one attached hydrogen (secondary N) is 1. The van der Waals surface area contributed by atoms with Crippen LogP contribution in [0.15, 0.2) is 42.7 Å². The lowest BCUT2D eigenvalue weighted by atomic mass is 9.98. The van der Waals surface area contributed by atoms with Crippen LogP contribution in [0.3, 0.4) is 0 Å². The summed E-state index contributed by atoms with van der Waals surface area (Å²) in [5, 5.41) is 2.38. The zero-order valence-electron chi connectivity index (χ0n) is 32.6. The van der Waals surface area contributed by atoms with E-state index in [1.165, 1.54) is 0 Å². The van der Waals surface area contributed by atoms with Gasteiger partial charge in [-0.15, -0.1) is 0 Å². The van der Waals surface area contributed by atoms with Crippen molar-refractivity contribution < 1.29 is 24.0 Å². The number of nitrogens with two attached hydrogens (primary N) is 1. The number of benzene rings is 1. The lowest BCUT2D eigenvalue weighted by Gasteiger charge is -2.37. The fourth-order valence-corrected chi connectivity index (χ4v) is 8.96. The number of fused-ring (bicyclic) bond motifs is 1. The number of hydrogen-bond donors (Lipinski definition) is 2. The van der Waals surface area contributed by atoms with Gasteiger partial charge < -0.3 is 30.2 Å². The minimum atomic E-state index is -0.618. The average Bonchev–Trinajstić information content (AvgIpc) is 3.74. The third-order valence-electron chi connectivity index (χ3n) is 12.2. The number of primary amides is 1. The average molecular weight is 778 g/mol. The molecule has 16 nitrogen and oxygen atoms in total. The largest absolute Gasteiger partial charge is 0.364 e. The number of piperidine rings is 2. The van der Waals surface area contributed by atoms with E-state index in [1.807, 2.05) is 42.4 Å². The fourth-order valence-electron chi connectivity index (χ4n) is 8.96. The van der Waals surface area contributed by atoms with Gasteiger partial charge in [0.2, 0.25) is 11.8 Å². The molecule has 2 atom stereocenters. The molecule has 5 aliphatic heterocycles. The van der Waals surface area contributed by atoms with Gasteiger partial charge in [0.1, 0.15) is 23.4 Å². The van der Waals surface area contributed by atoms with Crippen LogP contribution in [0.1, 0.15) is 81.8 Å². The number of carbonyl (C=O) groups is 5. The van der Waals surface area contributed by atoms with E-state index in [1.54, 1.807) is 16.0 Å². The van der Waals surface area contributed by atoms with E-state index in [2.05, 4.69) is 31.1 Å². The van der Waals surface area contributed by atoms with Crippen molar-refractivity contribution in [2.24, 2.45) is 5.73 Å². The second kappa shape index (κ2) is 16.5. The Balaban J connectivity index is 0.810. The molecular formula is C41H51N11O5. The first kappa shape index (κ1) is 38.2. The molecule has 16 heteroatoms. The Labute approximate surface area is 332 Å². The lowest BCUT2D eigenvalue weighted by Crippen LogP contribution is -2.52. The normalized spacial score (nSPS) is 21.7. The Morgan fingerprint density at radius 3 is 2.46 bits per heavy atom. The number of urea groups is 1. The highest BCUT2D eigenvalue weighted by Crippen LogP contribution is 2.31. The molecule has 0 aliphatic carbocycles. The lowest BCUT2D eigenvalue weighted by molar-refractivity contribution is -0.136. The molecule has 2 aromatic heterocycles. The van der Waals surface area contributed by atoms with Crippen LogP contribution >= 0.6 is 0 Å². The second-order valence-corrected chi connectivity index (χ2v) is 15.9. The van der Waals surface area contributed by atoms with Crippen molar-refractivity contribution in [3.05, 3.63) is 76.4 Å². The molecule has 6 amide bonds. The number of carbonyl (C=O) groups excluding carboxylic acids is 5. The van der Waals surface area contributed by atoms with Crippen LogP contribution < -0.4 is 20.9 Å². The van der Waals surface area contributed by atoms with Crippen LogP contribution in [0.2, 0.25) is 0 Å². The zero-order valence-corrected chi connectivity index (χ0v) is 32.6. The summed E-state index contributed by atoms with van der Waals surface area (Å²) in [5.74, 6) is 0.175. The van der Waals surface area contributed by atoms with E-state index >= 15 is 0 Å². The summed E-state index contributed by atoms with van der Waals surface area (Å²) in [6, 6.07) is 9.47. The van der Waals surface area contributed by atoms with E-state index in [9.17, 15) is 24.0 Å². The Hall–Kier alpha value is -5.64. The summed E-state index contributed by atoms with van der Waals surface area (Å²) < 4.78 is 0. The van der Waals surface area contributed by atoms with Gasteiger partial charge in [0, 0.05) is 90.6 Å². The quantitative estimate of drug-likeness (QED) is 0.202. The molecule has 4 fully saturated rings. The maximum absolute atomic E-state index is 13.2. The van der Waals surface area contributed by atoms with Crippen LogP contribution in [0, 0.1) is 0 Å². The Bertz CT molecular complexity index is 2040. The third kappa shape index (κ3) is 8.13. The van der Waals surface area contributed by atoms with Crippen molar-refractivity contribution >= 4 is 41.3 Å². The van der Waals surface area contributed by atoms with Crippen LogP contribution in [-0.2, 0) is 29.0 Å². The van der Waals surface area contributed by atoms with E-state index in [-0.39, 0.29) is 41.9 Å². The number of anilines is 2. The SMILES string of the molecule is CN1CCN([C@H]2CCCN(c3cnc(C(N)=O)c(Cc4ccc(N5CCN(CCCCc6cccc7c6CN(C6CCC(=O)NC6=O)C7=O)CC5)nc4)n3)C2)C1=O. The molecule has 0 saturated carbocycles. The summed E-state index contributed by atoms with van der Waals surface area (Å²) in [5.41, 5.74) is 10.1. The second-order valence-electron chi connectivity index (χ2n) is 15.9. The van der Waals surface area contributed by atoms with Crippen molar-refractivity contribution in [2.75, 3.05) is 75.8 Å². The summed E-state index contributed by atoms with van der Waals surface area (Å²) in [6.07, 6.45) is 9.20. The number of likely N-dealkylation sites (N-methyl/N-ethyl adjacent to an activating group) is 1. The van der Waals surface area contributed by atoms with Crippen molar-refractivity contribution in [3.63, 3.8) is 0 Å². The van der Waals surface area contributed by atoms with Gasteiger partial charge in [0.15, 0.2) is 0 Å². The number of aromatic nitrogens is 3. The first-order valence-electron chi connectivity index (χ1n) is 20.2. The Morgan fingerprint density at radius 2 is 1.72 bits per heavy atom. The third-order valence-corrected chi connectivity index (χ3v) is 12.2. The number of rotatable bonds is 12. The number of imide groups is 1. The maximum atomic E-state index is 13.2. The highest BCUT2D eigenvalue weighted by atomic mass is 16.2. The Morgan fingerprint density at radius 1 is 0.877 bits per heavy atom. The van der Waals surface area contributed by atoms with Gasteiger partial charge >= 0.3 is 6.03 Å². The summed E-state index contributed by atoms with van der Waals surface area (Å²) in [4.78, 5) is 88.7. The van der Waals surface area contributed by atoms with Crippen molar-refractivity contribution in [1.29, 1.82) is 0 Å². The predicted molar refractivity (Wildman–Crippen MR) is 212 cm³/mol. The molecule has 1 unspecified atom stereocenters. The highest BCUT2D eigenvalue weighted by Gasteiger charge is 2.40. The van der Waals surface area contributed by atoms with Gasteiger partial charge in [-0.2, -0.15) is 0 Å². The van der Waals surface area contributed by atoms with Crippen LogP contribution in [0.5, 0.6) is 0 Å². The predicted octanol–water partition coefficient (Wildman–Crippen LogP) is 1.80. The van der Waals surface area contributed by atoms with Crippen LogP contribution in [0.4, 0.5) is 16.4 Å². The van der Waals surface area contributed by atoms with E-state index in [0.717, 1.165) is 107 Å². The van der Waals surface area contributed by atoms with Crippen LogP contribution in [0.25, 0.3) is 0 Å². The number of amides is 6. The molecule has 0 spiro atoms. The van der Waals surface area contributed by atoms with E-state index in [0.29, 0.717) is 43.0 Å². The van der Waals surface area contributed by atoms with Gasteiger partial charge in [-0.3, -0.25) is 29.4 Å². The van der Waals surface area contributed by atoms with Crippen molar-refractivity contribution in [2.45, 2.75) is 70.0 Å². The number of pyridine rings is 1. The van der Waals surface area contributed by atoms with E-state index < -0.39 is 11.9 Å². The molecule has 3 N–H and O–H groups in total. The number of unbranched alkanes of at least 4 members (excludes halogenated alkanes) is 1. The first-order chi connectivity index (χ1) is 27.6. The summed E-state index contributed by atoms with van der Waals surface area (Å²) >= 11 is 0. The van der Waals surface area contributed by atoms with Gasteiger partial charge in [-0.05, 0) is 73.9 Å². The maximum Gasteiger partial charge on any atom is 0.320 e. The molecule has 8 rings (SSSR count). The molecule has 0 bridgehead atoms. The highest BCUT2D eigenvalue weighted by molar-refractivity contribution is 6.05. The Kier molecular flexibility index (Phi) is 11.0. The summed E-state index contributed by atoms with van der Waals surface area (Å²) in [6.45, 7) is 7.93. The number of aryl methyl sites for hydroxylation is 1. The monoisotopic (exact) mass is 777 g/mol. The fraction of sp³-hybridized carbons (Fsp3) is 0.512. The molecule has 7 heterocycles. The van der Waals surface area contributed by atoms with Gasteiger partial charge in [-0.1, -0.05) is 18.2 Å². The van der Waals surface area contributed by atoms with Crippen molar-refractivity contribution in [1.82, 2.24) is 39.9 Å². The first-order valence-corrected chi connectivity index (χ1v) is 20.2. The number of piperazine rings is 1. The minimum Gasteiger partial charge on any atom is -0.364 e. The van der Waals surface area contributed by atoms with Crippen LogP contribution in [-0.4, -0.2) is 142 Å². The molecule has 4 saturated heterocycles. The molecular weight excluding hydrogens is 727 g/mol. The molecule has 300 valence electrons.